The summed E-state index contributed by atoms with van der Waals surface area (Å²) in [6, 6.07) is 14.9. The Morgan fingerprint density at radius 1 is 1.16 bits per heavy atom. The molecule has 0 spiro atoms. The number of rotatable bonds is 4. The second-order valence-electron chi connectivity index (χ2n) is 7.45. The molecular weight excluding hydrogens is 395 g/mol. The molecular formula is C24H23FN4O2. The van der Waals surface area contributed by atoms with E-state index in [1.807, 2.05) is 44.2 Å². The van der Waals surface area contributed by atoms with Gasteiger partial charge in [-0.2, -0.15) is 5.10 Å². The number of aromatic nitrogens is 2. The van der Waals surface area contributed by atoms with E-state index in [0.717, 1.165) is 11.4 Å². The van der Waals surface area contributed by atoms with E-state index in [-0.39, 0.29) is 17.6 Å². The van der Waals surface area contributed by atoms with E-state index in [1.165, 1.54) is 18.2 Å². The van der Waals surface area contributed by atoms with E-state index in [1.54, 1.807) is 27.8 Å². The Bertz CT molecular complexity index is 1150. The normalized spacial score (nSPS) is 16.5. The highest BCUT2D eigenvalue weighted by molar-refractivity contribution is 5.97. The lowest BCUT2D eigenvalue weighted by Crippen LogP contribution is -2.52. The summed E-state index contributed by atoms with van der Waals surface area (Å²) in [6.07, 6.45) is 2.94. The van der Waals surface area contributed by atoms with Gasteiger partial charge in [0.2, 0.25) is 11.8 Å². The molecule has 158 valence electrons. The van der Waals surface area contributed by atoms with E-state index in [9.17, 15) is 14.0 Å². The first-order valence-electron chi connectivity index (χ1n) is 10.1. The molecule has 2 aromatic carbocycles. The zero-order valence-corrected chi connectivity index (χ0v) is 17.4. The van der Waals surface area contributed by atoms with Crippen LogP contribution in [0.2, 0.25) is 0 Å². The van der Waals surface area contributed by atoms with Crippen molar-refractivity contribution >= 4 is 17.9 Å². The van der Waals surface area contributed by atoms with Crippen LogP contribution in [0.5, 0.6) is 0 Å². The van der Waals surface area contributed by atoms with Crippen LogP contribution < -0.4 is 5.32 Å². The van der Waals surface area contributed by atoms with E-state index >= 15 is 0 Å². The van der Waals surface area contributed by atoms with E-state index < -0.39 is 6.04 Å². The zero-order valence-electron chi connectivity index (χ0n) is 17.4. The molecule has 0 saturated carbocycles. The molecule has 1 atom stereocenters. The number of carbonyl (C=O) groups excluding carboxylic acids is 2. The van der Waals surface area contributed by atoms with Crippen LogP contribution >= 0.6 is 0 Å². The summed E-state index contributed by atoms with van der Waals surface area (Å²) >= 11 is 0. The SMILES string of the molecule is Cc1nn(-c2ccccc2)c(C)c1C1C(=O)NCCN1C(=O)/C=C\c1cccc(F)c1. The minimum Gasteiger partial charge on any atom is -0.352 e. The molecule has 7 heteroatoms. The summed E-state index contributed by atoms with van der Waals surface area (Å²) in [5.74, 6) is -0.919. The molecule has 0 aliphatic carbocycles. The van der Waals surface area contributed by atoms with Crippen LogP contribution in [0.15, 0.2) is 60.7 Å². The van der Waals surface area contributed by atoms with Gasteiger partial charge in [0.25, 0.3) is 0 Å². The summed E-state index contributed by atoms with van der Waals surface area (Å²) in [4.78, 5) is 27.4. The Balaban J connectivity index is 1.68. The van der Waals surface area contributed by atoms with Crippen LogP contribution in [-0.2, 0) is 9.59 Å². The Labute approximate surface area is 180 Å². The van der Waals surface area contributed by atoms with Crippen molar-refractivity contribution in [3.63, 3.8) is 0 Å². The monoisotopic (exact) mass is 418 g/mol. The number of hydrogen-bond acceptors (Lipinski definition) is 3. The van der Waals surface area contributed by atoms with Gasteiger partial charge in [-0.15, -0.1) is 0 Å². The second kappa shape index (κ2) is 8.55. The maximum absolute atomic E-state index is 13.4. The van der Waals surface area contributed by atoms with Gasteiger partial charge in [0.15, 0.2) is 0 Å². The van der Waals surface area contributed by atoms with Gasteiger partial charge in [-0.1, -0.05) is 30.3 Å². The quantitative estimate of drug-likeness (QED) is 0.661. The Kier molecular flexibility index (Phi) is 5.66. The molecule has 0 bridgehead atoms. The van der Waals surface area contributed by atoms with Crippen molar-refractivity contribution in [2.75, 3.05) is 13.1 Å². The Morgan fingerprint density at radius 2 is 1.94 bits per heavy atom. The van der Waals surface area contributed by atoms with Gasteiger partial charge in [0.1, 0.15) is 11.9 Å². The van der Waals surface area contributed by atoms with Crippen molar-refractivity contribution in [3.05, 3.63) is 89.0 Å². The molecule has 2 amide bonds. The summed E-state index contributed by atoms with van der Waals surface area (Å²) in [5, 5.41) is 7.48. The Hall–Kier alpha value is -3.74. The Morgan fingerprint density at radius 3 is 2.68 bits per heavy atom. The molecule has 1 unspecified atom stereocenters. The lowest BCUT2D eigenvalue weighted by atomic mass is 10.00. The number of piperazine rings is 1. The first kappa shape index (κ1) is 20.5. The number of para-hydroxylation sites is 1. The van der Waals surface area contributed by atoms with Gasteiger partial charge >= 0.3 is 0 Å². The highest BCUT2D eigenvalue weighted by Gasteiger charge is 2.37. The first-order chi connectivity index (χ1) is 15.0. The number of amides is 2. The summed E-state index contributed by atoms with van der Waals surface area (Å²) in [5.41, 5.74) is 3.67. The van der Waals surface area contributed by atoms with Gasteiger partial charge in [-0.25, -0.2) is 9.07 Å². The van der Waals surface area contributed by atoms with Crippen molar-refractivity contribution in [3.8, 4) is 5.69 Å². The van der Waals surface area contributed by atoms with Crippen LogP contribution in [0.1, 0.15) is 28.6 Å². The second-order valence-corrected chi connectivity index (χ2v) is 7.45. The minimum atomic E-state index is -0.782. The number of carbonyl (C=O) groups is 2. The molecule has 1 saturated heterocycles. The topological polar surface area (TPSA) is 67.2 Å². The minimum absolute atomic E-state index is 0.238. The number of nitrogens with one attached hydrogen (secondary N) is 1. The van der Waals surface area contributed by atoms with Crippen molar-refractivity contribution in [1.82, 2.24) is 20.0 Å². The zero-order chi connectivity index (χ0) is 22.0. The molecule has 4 rings (SSSR count). The smallest absolute Gasteiger partial charge is 0.247 e. The van der Waals surface area contributed by atoms with Crippen molar-refractivity contribution in [2.45, 2.75) is 19.9 Å². The van der Waals surface area contributed by atoms with Gasteiger partial charge in [0.05, 0.1) is 11.4 Å². The molecule has 1 fully saturated rings. The lowest BCUT2D eigenvalue weighted by Gasteiger charge is -2.34. The lowest BCUT2D eigenvalue weighted by molar-refractivity contribution is -0.140. The average molecular weight is 418 g/mol. The number of benzene rings is 2. The fraction of sp³-hybridized carbons (Fsp3) is 0.208. The fourth-order valence-corrected chi connectivity index (χ4v) is 3.94. The van der Waals surface area contributed by atoms with Crippen LogP contribution in [0.4, 0.5) is 4.39 Å². The molecule has 0 radical (unpaired) electrons. The highest BCUT2D eigenvalue weighted by atomic mass is 19.1. The molecule has 6 nitrogen and oxygen atoms in total. The standard InChI is InChI=1S/C24H23FN4O2/c1-16-22(17(2)29(27-16)20-9-4-3-5-10-20)23-24(31)26-13-14-28(23)21(30)12-11-18-7-6-8-19(25)15-18/h3-12,15,23H,13-14H2,1-2H3,(H,26,31)/b12-11-. The fourth-order valence-electron chi connectivity index (χ4n) is 3.94. The van der Waals surface area contributed by atoms with Crippen molar-refractivity contribution in [2.24, 2.45) is 0 Å². The summed E-state index contributed by atoms with van der Waals surface area (Å²) in [7, 11) is 0. The summed E-state index contributed by atoms with van der Waals surface area (Å²) < 4.78 is 15.2. The summed E-state index contributed by atoms with van der Waals surface area (Å²) in [6.45, 7) is 4.49. The van der Waals surface area contributed by atoms with Gasteiger partial charge < -0.3 is 10.2 Å². The number of aryl methyl sites for hydroxylation is 1. The molecule has 1 N–H and O–H groups in total. The number of nitrogens with zero attached hydrogens (tertiary/aromatic N) is 3. The van der Waals surface area contributed by atoms with E-state index in [0.29, 0.717) is 29.9 Å². The van der Waals surface area contributed by atoms with E-state index in [4.69, 9.17) is 0 Å². The molecule has 1 aromatic heterocycles. The average Bonchev–Trinajstić information content (AvgIpc) is 3.06. The van der Waals surface area contributed by atoms with E-state index in [2.05, 4.69) is 10.4 Å². The molecule has 1 aliphatic rings. The predicted molar refractivity (Wildman–Crippen MR) is 116 cm³/mol. The van der Waals surface area contributed by atoms with Gasteiger partial charge in [0, 0.05) is 30.4 Å². The van der Waals surface area contributed by atoms with Crippen LogP contribution in [-0.4, -0.2) is 39.6 Å². The maximum Gasteiger partial charge on any atom is 0.247 e. The van der Waals surface area contributed by atoms with Crippen molar-refractivity contribution in [1.29, 1.82) is 0 Å². The van der Waals surface area contributed by atoms with Crippen LogP contribution in [0.3, 0.4) is 0 Å². The maximum atomic E-state index is 13.4. The third-order valence-corrected chi connectivity index (χ3v) is 5.38. The predicted octanol–water partition coefficient (Wildman–Crippen LogP) is 3.34. The number of halogens is 1. The van der Waals surface area contributed by atoms with Crippen LogP contribution in [0, 0.1) is 19.7 Å². The number of hydrogen-bond donors (Lipinski definition) is 1. The molecule has 31 heavy (non-hydrogen) atoms. The molecule has 2 heterocycles. The van der Waals surface area contributed by atoms with Crippen molar-refractivity contribution < 1.29 is 14.0 Å². The third-order valence-electron chi connectivity index (χ3n) is 5.38. The van der Waals surface area contributed by atoms with Gasteiger partial charge in [-0.05, 0) is 49.8 Å². The highest BCUT2D eigenvalue weighted by Crippen LogP contribution is 2.30. The molecule has 1 aliphatic heterocycles. The third kappa shape index (κ3) is 4.12. The van der Waals surface area contributed by atoms with Gasteiger partial charge in [-0.3, -0.25) is 9.59 Å². The largest absolute Gasteiger partial charge is 0.352 e. The first-order valence-corrected chi connectivity index (χ1v) is 10.1. The molecule has 3 aromatic rings. The van der Waals surface area contributed by atoms with Crippen LogP contribution in [0.25, 0.3) is 11.8 Å².